The van der Waals surface area contributed by atoms with E-state index >= 15 is 0 Å². The Hall–Kier alpha value is -2.82. The Balaban J connectivity index is 1.84. The van der Waals surface area contributed by atoms with Gasteiger partial charge in [0.25, 0.3) is 0 Å². The molecular weight excluding hydrogens is 328 g/mol. The van der Waals surface area contributed by atoms with E-state index in [0.29, 0.717) is 6.54 Å². The van der Waals surface area contributed by atoms with E-state index in [1.54, 1.807) is 18.9 Å². The molecule has 0 bridgehead atoms. The van der Waals surface area contributed by atoms with Crippen LogP contribution in [0.25, 0.3) is 0 Å². The summed E-state index contributed by atoms with van der Waals surface area (Å²) in [5.74, 6) is -0.165. The second kappa shape index (κ2) is 9.04. The predicted octanol–water partition coefficient (Wildman–Crippen LogP) is 3.58. The number of aryl methyl sites for hydroxylation is 2. The highest BCUT2D eigenvalue weighted by Crippen LogP contribution is 2.13. The average molecular weight is 354 g/mol. The number of nitrogens with one attached hydrogen (secondary N) is 1. The zero-order chi connectivity index (χ0) is 19.1. The van der Waals surface area contributed by atoms with Gasteiger partial charge in [0.1, 0.15) is 12.6 Å². The third-order valence-corrected chi connectivity index (χ3v) is 4.20. The minimum absolute atomic E-state index is 0.165. The van der Waals surface area contributed by atoms with Crippen LogP contribution in [0.3, 0.4) is 0 Å². The van der Waals surface area contributed by atoms with Gasteiger partial charge < -0.3 is 15.0 Å². The summed E-state index contributed by atoms with van der Waals surface area (Å²) in [4.78, 5) is 26.0. The number of amides is 2. The van der Waals surface area contributed by atoms with Crippen LogP contribution in [0.4, 0.5) is 4.79 Å². The SMILES string of the molecule is Cc1ccc(CN(C)C(=O)[C@H](C)NC(=O)OCc2ccccc2)c(C)c1. The second-order valence-corrected chi connectivity index (χ2v) is 6.55. The standard InChI is InChI=1S/C21H26N2O3/c1-15-10-11-19(16(2)12-15)13-23(4)20(24)17(3)22-21(25)26-14-18-8-6-5-7-9-18/h5-12,17H,13-14H2,1-4H3,(H,22,25)/t17-/m0/s1. The zero-order valence-corrected chi connectivity index (χ0v) is 15.8. The van der Waals surface area contributed by atoms with Gasteiger partial charge in [0.05, 0.1) is 0 Å². The van der Waals surface area contributed by atoms with Crippen molar-refractivity contribution in [2.45, 2.75) is 40.0 Å². The summed E-state index contributed by atoms with van der Waals surface area (Å²) < 4.78 is 5.16. The lowest BCUT2D eigenvalue weighted by Crippen LogP contribution is -2.45. The van der Waals surface area contributed by atoms with Crippen molar-refractivity contribution in [3.8, 4) is 0 Å². The highest BCUT2D eigenvalue weighted by Gasteiger charge is 2.20. The summed E-state index contributed by atoms with van der Waals surface area (Å²) in [5, 5.41) is 2.59. The van der Waals surface area contributed by atoms with Gasteiger partial charge in [-0.1, -0.05) is 54.1 Å². The van der Waals surface area contributed by atoms with Gasteiger partial charge in [0.2, 0.25) is 5.91 Å². The minimum Gasteiger partial charge on any atom is -0.445 e. The lowest BCUT2D eigenvalue weighted by atomic mass is 10.1. The fraction of sp³-hybridized carbons (Fsp3) is 0.333. The topological polar surface area (TPSA) is 58.6 Å². The molecule has 0 aliphatic carbocycles. The van der Waals surface area contributed by atoms with Gasteiger partial charge in [-0.05, 0) is 37.5 Å². The molecule has 0 radical (unpaired) electrons. The maximum Gasteiger partial charge on any atom is 0.408 e. The number of rotatable bonds is 6. The van der Waals surface area contributed by atoms with Gasteiger partial charge in [-0.2, -0.15) is 0 Å². The fourth-order valence-electron chi connectivity index (χ4n) is 2.69. The Morgan fingerprint density at radius 2 is 1.81 bits per heavy atom. The Morgan fingerprint density at radius 1 is 1.12 bits per heavy atom. The van der Waals surface area contributed by atoms with Crippen LogP contribution in [-0.4, -0.2) is 30.0 Å². The number of benzene rings is 2. The zero-order valence-electron chi connectivity index (χ0n) is 15.8. The Kier molecular flexibility index (Phi) is 6.78. The fourth-order valence-corrected chi connectivity index (χ4v) is 2.69. The van der Waals surface area contributed by atoms with Crippen LogP contribution in [0.5, 0.6) is 0 Å². The number of alkyl carbamates (subject to hydrolysis) is 1. The molecule has 0 spiro atoms. The maximum absolute atomic E-state index is 12.5. The van der Waals surface area contributed by atoms with Crippen LogP contribution >= 0.6 is 0 Å². The molecule has 5 nitrogen and oxygen atoms in total. The Morgan fingerprint density at radius 3 is 2.46 bits per heavy atom. The van der Waals surface area contributed by atoms with Gasteiger partial charge in [-0.15, -0.1) is 0 Å². The molecule has 0 saturated carbocycles. The van der Waals surface area contributed by atoms with E-state index in [1.807, 2.05) is 56.3 Å². The third kappa shape index (κ3) is 5.62. The van der Waals surface area contributed by atoms with Gasteiger partial charge in [0, 0.05) is 13.6 Å². The number of carbonyl (C=O) groups excluding carboxylic acids is 2. The number of nitrogens with zero attached hydrogens (tertiary/aromatic N) is 1. The number of hydrogen-bond donors (Lipinski definition) is 1. The molecule has 0 fully saturated rings. The van der Waals surface area contributed by atoms with Crippen molar-refractivity contribution in [2.24, 2.45) is 0 Å². The van der Waals surface area contributed by atoms with E-state index in [2.05, 4.69) is 11.4 Å². The molecule has 5 heteroatoms. The Bertz CT molecular complexity index is 759. The molecule has 138 valence electrons. The van der Waals surface area contributed by atoms with Crippen LogP contribution in [0, 0.1) is 13.8 Å². The Labute approximate surface area is 155 Å². The van der Waals surface area contributed by atoms with E-state index in [0.717, 1.165) is 16.7 Å². The molecule has 0 aromatic heterocycles. The molecule has 0 unspecified atom stereocenters. The smallest absolute Gasteiger partial charge is 0.408 e. The van der Waals surface area contributed by atoms with Crippen LogP contribution in [0.1, 0.15) is 29.2 Å². The van der Waals surface area contributed by atoms with Gasteiger partial charge >= 0.3 is 6.09 Å². The van der Waals surface area contributed by atoms with Crippen molar-refractivity contribution in [1.82, 2.24) is 10.2 Å². The lowest BCUT2D eigenvalue weighted by Gasteiger charge is -2.23. The first-order valence-corrected chi connectivity index (χ1v) is 8.65. The van der Waals surface area contributed by atoms with Crippen molar-refractivity contribution in [1.29, 1.82) is 0 Å². The molecule has 1 N–H and O–H groups in total. The monoisotopic (exact) mass is 354 g/mol. The first-order valence-electron chi connectivity index (χ1n) is 8.65. The average Bonchev–Trinajstić information content (AvgIpc) is 2.62. The molecule has 0 heterocycles. The molecule has 2 aromatic carbocycles. The predicted molar refractivity (Wildman–Crippen MR) is 102 cm³/mol. The molecule has 0 aliphatic rings. The molecule has 0 saturated heterocycles. The molecule has 2 amide bonds. The lowest BCUT2D eigenvalue weighted by molar-refractivity contribution is -0.132. The maximum atomic E-state index is 12.5. The number of hydrogen-bond acceptors (Lipinski definition) is 3. The van der Waals surface area contributed by atoms with Crippen LogP contribution in [-0.2, 0) is 22.7 Å². The minimum atomic E-state index is -0.658. The van der Waals surface area contributed by atoms with Gasteiger partial charge in [-0.25, -0.2) is 4.79 Å². The molecule has 2 aromatic rings. The third-order valence-electron chi connectivity index (χ3n) is 4.20. The van der Waals surface area contributed by atoms with E-state index in [9.17, 15) is 9.59 Å². The van der Waals surface area contributed by atoms with Crippen LogP contribution in [0.15, 0.2) is 48.5 Å². The first kappa shape index (κ1) is 19.5. The summed E-state index contributed by atoms with van der Waals surface area (Å²) in [6.45, 7) is 6.40. The normalized spacial score (nSPS) is 11.5. The molecule has 1 atom stereocenters. The highest BCUT2D eigenvalue weighted by atomic mass is 16.5. The van der Waals surface area contributed by atoms with E-state index in [1.165, 1.54) is 5.56 Å². The van der Waals surface area contributed by atoms with E-state index < -0.39 is 12.1 Å². The number of likely N-dealkylation sites (N-methyl/N-ethyl adjacent to an activating group) is 1. The van der Waals surface area contributed by atoms with Crippen molar-refractivity contribution in [3.05, 3.63) is 70.8 Å². The summed E-state index contributed by atoms with van der Waals surface area (Å²) in [5.41, 5.74) is 4.32. The van der Waals surface area contributed by atoms with Crippen molar-refractivity contribution < 1.29 is 14.3 Å². The first-order chi connectivity index (χ1) is 12.4. The van der Waals surface area contributed by atoms with Crippen molar-refractivity contribution in [2.75, 3.05) is 7.05 Å². The second-order valence-electron chi connectivity index (χ2n) is 6.55. The molecule has 2 rings (SSSR count). The molecule has 26 heavy (non-hydrogen) atoms. The largest absolute Gasteiger partial charge is 0.445 e. The summed E-state index contributed by atoms with van der Waals surface area (Å²) in [6, 6.07) is 14.9. The van der Waals surface area contributed by atoms with Crippen LogP contribution < -0.4 is 5.32 Å². The number of carbonyl (C=O) groups is 2. The van der Waals surface area contributed by atoms with Crippen molar-refractivity contribution >= 4 is 12.0 Å². The number of ether oxygens (including phenoxy) is 1. The molecule has 0 aliphatic heterocycles. The van der Waals surface area contributed by atoms with E-state index in [-0.39, 0.29) is 12.5 Å². The van der Waals surface area contributed by atoms with Crippen LogP contribution in [0.2, 0.25) is 0 Å². The molecular formula is C21H26N2O3. The summed E-state index contributed by atoms with van der Waals surface area (Å²) >= 11 is 0. The van der Waals surface area contributed by atoms with Gasteiger partial charge in [0.15, 0.2) is 0 Å². The highest BCUT2D eigenvalue weighted by molar-refractivity contribution is 5.85. The van der Waals surface area contributed by atoms with Gasteiger partial charge in [-0.3, -0.25) is 4.79 Å². The summed E-state index contributed by atoms with van der Waals surface area (Å²) in [6.07, 6.45) is -0.602. The quantitative estimate of drug-likeness (QED) is 0.863. The van der Waals surface area contributed by atoms with E-state index in [4.69, 9.17) is 4.74 Å². The van der Waals surface area contributed by atoms with Crippen molar-refractivity contribution in [3.63, 3.8) is 0 Å². The summed E-state index contributed by atoms with van der Waals surface area (Å²) in [7, 11) is 1.73.